The summed E-state index contributed by atoms with van der Waals surface area (Å²) in [5.41, 5.74) is 6.73. The van der Waals surface area contributed by atoms with E-state index in [-0.39, 0.29) is 5.56 Å². The van der Waals surface area contributed by atoms with Crippen molar-refractivity contribution < 1.29 is 8.78 Å². The van der Waals surface area contributed by atoms with Gasteiger partial charge in [0.2, 0.25) is 0 Å². The number of benzene rings is 1. The molecule has 3 heteroatoms. The van der Waals surface area contributed by atoms with Crippen LogP contribution in [0.2, 0.25) is 0 Å². The Kier molecular flexibility index (Phi) is 2.89. The van der Waals surface area contributed by atoms with Crippen LogP contribution in [0.15, 0.2) is 12.1 Å². The molecule has 0 amide bonds. The summed E-state index contributed by atoms with van der Waals surface area (Å²) in [5, 5.41) is 0. The van der Waals surface area contributed by atoms with Gasteiger partial charge < -0.3 is 5.73 Å². The number of hydrogen-bond donors (Lipinski definition) is 1. The normalized spacial score (nSPS) is 31.9. The number of rotatable bonds is 2. The van der Waals surface area contributed by atoms with Crippen molar-refractivity contribution in [2.45, 2.75) is 38.6 Å². The fraction of sp³-hybridized carbons (Fsp3) is 0.600. The van der Waals surface area contributed by atoms with Gasteiger partial charge in [-0.2, -0.15) is 0 Å². The Balaban J connectivity index is 1.89. The lowest BCUT2D eigenvalue weighted by atomic mass is 9.97. The van der Waals surface area contributed by atoms with Crippen molar-refractivity contribution in [1.29, 1.82) is 0 Å². The molecule has 2 aliphatic rings. The molecule has 0 aliphatic heterocycles. The van der Waals surface area contributed by atoms with E-state index < -0.39 is 17.7 Å². The summed E-state index contributed by atoms with van der Waals surface area (Å²) < 4.78 is 27.9. The summed E-state index contributed by atoms with van der Waals surface area (Å²) >= 11 is 0. The SMILES string of the molecule is Cc1ccc(F)c(C(N)C2C3CCCCC32)c1F. The molecule has 0 saturated heterocycles. The number of aryl methyl sites for hydroxylation is 1. The van der Waals surface area contributed by atoms with Crippen LogP contribution in [0.25, 0.3) is 0 Å². The van der Waals surface area contributed by atoms with Crippen LogP contribution in [0.3, 0.4) is 0 Å². The number of nitrogens with two attached hydrogens (primary N) is 1. The lowest BCUT2D eigenvalue weighted by Gasteiger charge is -2.15. The predicted octanol–water partition coefficient (Wildman–Crippen LogP) is 3.71. The van der Waals surface area contributed by atoms with Crippen molar-refractivity contribution in [3.05, 3.63) is 34.9 Å². The van der Waals surface area contributed by atoms with Crippen LogP contribution in [-0.4, -0.2) is 0 Å². The quantitative estimate of drug-likeness (QED) is 0.852. The predicted molar refractivity (Wildman–Crippen MR) is 67.0 cm³/mol. The van der Waals surface area contributed by atoms with Crippen LogP contribution < -0.4 is 5.73 Å². The lowest BCUT2D eigenvalue weighted by Crippen LogP contribution is -2.18. The minimum atomic E-state index is -0.491. The third kappa shape index (κ3) is 1.76. The van der Waals surface area contributed by atoms with Gasteiger partial charge in [0.05, 0.1) is 0 Å². The Morgan fingerprint density at radius 2 is 1.78 bits per heavy atom. The number of halogens is 2. The first-order valence-electron chi connectivity index (χ1n) is 6.81. The van der Waals surface area contributed by atoms with Crippen molar-refractivity contribution >= 4 is 0 Å². The van der Waals surface area contributed by atoms with Crippen LogP contribution in [0.1, 0.15) is 42.9 Å². The van der Waals surface area contributed by atoms with Crippen LogP contribution in [0.4, 0.5) is 8.78 Å². The van der Waals surface area contributed by atoms with E-state index in [1.54, 1.807) is 6.92 Å². The molecule has 3 unspecified atom stereocenters. The monoisotopic (exact) mass is 251 g/mol. The molecule has 0 spiro atoms. The van der Waals surface area contributed by atoms with E-state index in [0.717, 1.165) is 0 Å². The minimum Gasteiger partial charge on any atom is -0.324 e. The topological polar surface area (TPSA) is 26.0 Å². The summed E-state index contributed by atoms with van der Waals surface area (Å²) in [7, 11) is 0. The van der Waals surface area contributed by atoms with Crippen molar-refractivity contribution in [3.63, 3.8) is 0 Å². The molecule has 2 N–H and O–H groups in total. The van der Waals surface area contributed by atoms with Gasteiger partial charge in [0.15, 0.2) is 0 Å². The Morgan fingerprint density at radius 1 is 1.17 bits per heavy atom. The van der Waals surface area contributed by atoms with E-state index in [4.69, 9.17) is 5.73 Å². The maximum absolute atomic E-state index is 14.1. The highest BCUT2D eigenvalue weighted by Gasteiger charge is 2.54. The molecule has 2 fully saturated rings. The van der Waals surface area contributed by atoms with E-state index in [1.807, 2.05) is 0 Å². The van der Waals surface area contributed by atoms with Gasteiger partial charge in [-0.25, -0.2) is 8.78 Å². The van der Waals surface area contributed by atoms with E-state index in [1.165, 1.54) is 37.8 Å². The molecule has 0 aromatic heterocycles. The lowest BCUT2D eigenvalue weighted by molar-refractivity contribution is 0.478. The van der Waals surface area contributed by atoms with E-state index in [0.29, 0.717) is 23.3 Å². The zero-order valence-electron chi connectivity index (χ0n) is 10.6. The van der Waals surface area contributed by atoms with Crippen LogP contribution >= 0.6 is 0 Å². The zero-order chi connectivity index (χ0) is 12.9. The van der Waals surface area contributed by atoms with E-state index in [2.05, 4.69) is 0 Å². The summed E-state index contributed by atoms with van der Waals surface area (Å²) in [4.78, 5) is 0. The maximum atomic E-state index is 14.1. The molecule has 0 bridgehead atoms. The molecule has 0 heterocycles. The molecule has 1 aromatic rings. The number of fused-ring (bicyclic) bond motifs is 1. The molecule has 3 rings (SSSR count). The van der Waals surface area contributed by atoms with Gasteiger partial charge in [0.1, 0.15) is 11.6 Å². The van der Waals surface area contributed by atoms with Gasteiger partial charge in [0, 0.05) is 11.6 Å². The Hall–Kier alpha value is -0.960. The highest BCUT2D eigenvalue weighted by atomic mass is 19.1. The molecule has 18 heavy (non-hydrogen) atoms. The summed E-state index contributed by atoms with van der Waals surface area (Å²) in [6.45, 7) is 1.66. The van der Waals surface area contributed by atoms with Gasteiger partial charge in [-0.05, 0) is 49.1 Å². The largest absolute Gasteiger partial charge is 0.324 e. The Labute approximate surface area is 106 Å². The van der Waals surface area contributed by atoms with Crippen molar-refractivity contribution in [3.8, 4) is 0 Å². The molecule has 3 atom stereocenters. The second kappa shape index (κ2) is 4.30. The second-order valence-corrected chi connectivity index (χ2v) is 5.81. The first-order valence-corrected chi connectivity index (χ1v) is 6.81. The average molecular weight is 251 g/mol. The van der Waals surface area contributed by atoms with Crippen LogP contribution in [0, 0.1) is 36.3 Å². The smallest absolute Gasteiger partial charge is 0.133 e. The van der Waals surface area contributed by atoms with E-state index in [9.17, 15) is 8.78 Å². The summed E-state index contributed by atoms with van der Waals surface area (Å²) in [6, 6.07) is 2.33. The first-order chi connectivity index (χ1) is 8.61. The Morgan fingerprint density at radius 3 is 2.39 bits per heavy atom. The highest BCUT2D eigenvalue weighted by Crippen LogP contribution is 2.60. The minimum absolute atomic E-state index is 0.106. The number of hydrogen-bond acceptors (Lipinski definition) is 1. The summed E-state index contributed by atoms with van der Waals surface area (Å²) in [5.74, 6) is 0.555. The highest BCUT2D eigenvalue weighted by molar-refractivity contribution is 5.31. The van der Waals surface area contributed by atoms with Crippen molar-refractivity contribution in [1.82, 2.24) is 0 Å². The second-order valence-electron chi connectivity index (χ2n) is 5.81. The van der Waals surface area contributed by atoms with Gasteiger partial charge in [-0.1, -0.05) is 18.9 Å². The molecule has 2 aliphatic carbocycles. The van der Waals surface area contributed by atoms with Gasteiger partial charge in [-0.15, -0.1) is 0 Å². The molecular formula is C15H19F2N. The van der Waals surface area contributed by atoms with Gasteiger partial charge in [-0.3, -0.25) is 0 Å². The first kappa shape index (κ1) is 12.1. The molecule has 98 valence electrons. The van der Waals surface area contributed by atoms with Gasteiger partial charge in [0.25, 0.3) is 0 Å². The van der Waals surface area contributed by atoms with Crippen LogP contribution in [0.5, 0.6) is 0 Å². The molecule has 1 nitrogen and oxygen atoms in total. The van der Waals surface area contributed by atoms with E-state index >= 15 is 0 Å². The fourth-order valence-electron chi connectivity index (χ4n) is 3.76. The average Bonchev–Trinajstić information content (AvgIpc) is 3.08. The maximum Gasteiger partial charge on any atom is 0.133 e. The summed E-state index contributed by atoms with van der Waals surface area (Å²) in [6.07, 6.45) is 4.84. The standard InChI is InChI=1S/C15H19F2N/c1-8-6-7-11(16)13(14(8)17)15(18)12-9-4-2-3-5-10(9)12/h6-7,9-10,12,15H,2-5,18H2,1H3. The third-order valence-corrected chi connectivity index (χ3v) is 4.79. The Bertz CT molecular complexity index is 460. The van der Waals surface area contributed by atoms with Crippen molar-refractivity contribution in [2.75, 3.05) is 0 Å². The molecular weight excluding hydrogens is 232 g/mol. The van der Waals surface area contributed by atoms with Gasteiger partial charge >= 0.3 is 0 Å². The van der Waals surface area contributed by atoms with Crippen LogP contribution in [-0.2, 0) is 0 Å². The molecule has 1 aromatic carbocycles. The molecule has 0 radical (unpaired) electrons. The fourth-order valence-corrected chi connectivity index (χ4v) is 3.76. The molecule has 2 saturated carbocycles. The van der Waals surface area contributed by atoms with Crippen molar-refractivity contribution in [2.24, 2.45) is 23.5 Å². The third-order valence-electron chi connectivity index (χ3n) is 4.79. The zero-order valence-corrected chi connectivity index (χ0v) is 10.6.